The van der Waals surface area contributed by atoms with E-state index in [4.69, 9.17) is 4.74 Å². The van der Waals surface area contributed by atoms with Gasteiger partial charge in [-0.05, 0) is 25.7 Å². The normalized spacial score (nSPS) is 25.2. The van der Waals surface area contributed by atoms with Gasteiger partial charge >= 0.3 is 5.97 Å². The van der Waals surface area contributed by atoms with Crippen LogP contribution in [0.1, 0.15) is 39.5 Å². The van der Waals surface area contributed by atoms with Crippen LogP contribution in [0.5, 0.6) is 0 Å². The Morgan fingerprint density at radius 3 is 2.38 bits per heavy atom. The summed E-state index contributed by atoms with van der Waals surface area (Å²) < 4.78 is 5.19. The maximum atomic E-state index is 11.3. The number of aliphatic carboxylic acids is 1. The molecule has 4 heteroatoms. The first-order valence-electron chi connectivity index (χ1n) is 6.07. The highest BCUT2D eigenvalue weighted by atomic mass is 16.5. The van der Waals surface area contributed by atoms with Gasteiger partial charge in [0.05, 0.1) is 11.5 Å². The monoisotopic (exact) mass is 229 g/mol. The van der Waals surface area contributed by atoms with Gasteiger partial charge in [-0.25, -0.2) is 0 Å². The van der Waals surface area contributed by atoms with E-state index in [1.54, 1.807) is 7.11 Å². The van der Waals surface area contributed by atoms with Crippen LogP contribution in [0.3, 0.4) is 0 Å². The standard InChI is InChI=1S/C12H23NO3/c1-4-12(5-2,11(14)15)8-13-9-6-10(7-9)16-3/h9-10,13H,4-8H2,1-3H3,(H,14,15). The van der Waals surface area contributed by atoms with Crippen LogP contribution in [-0.2, 0) is 9.53 Å². The smallest absolute Gasteiger partial charge is 0.310 e. The molecule has 4 nitrogen and oxygen atoms in total. The second-order valence-corrected chi connectivity index (χ2v) is 4.70. The molecule has 0 bridgehead atoms. The minimum atomic E-state index is -0.687. The summed E-state index contributed by atoms with van der Waals surface area (Å²) in [4.78, 5) is 11.3. The first-order valence-corrected chi connectivity index (χ1v) is 6.07. The van der Waals surface area contributed by atoms with E-state index in [-0.39, 0.29) is 0 Å². The van der Waals surface area contributed by atoms with Crippen molar-refractivity contribution in [1.82, 2.24) is 5.32 Å². The minimum Gasteiger partial charge on any atom is -0.481 e. The highest BCUT2D eigenvalue weighted by Crippen LogP contribution is 2.28. The Morgan fingerprint density at radius 1 is 1.44 bits per heavy atom. The van der Waals surface area contributed by atoms with Crippen LogP contribution in [0.15, 0.2) is 0 Å². The minimum absolute atomic E-state index is 0.361. The fraction of sp³-hybridized carbons (Fsp3) is 0.917. The van der Waals surface area contributed by atoms with Gasteiger partial charge in [0.1, 0.15) is 0 Å². The molecule has 0 atom stereocenters. The van der Waals surface area contributed by atoms with Gasteiger partial charge in [-0.15, -0.1) is 0 Å². The molecule has 1 fully saturated rings. The van der Waals surface area contributed by atoms with Crippen LogP contribution in [0.2, 0.25) is 0 Å². The topological polar surface area (TPSA) is 58.6 Å². The van der Waals surface area contributed by atoms with Crippen molar-refractivity contribution in [2.45, 2.75) is 51.7 Å². The van der Waals surface area contributed by atoms with Gasteiger partial charge in [-0.2, -0.15) is 0 Å². The second-order valence-electron chi connectivity index (χ2n) is 4.70. The fourth-order valence-electron chi connectivity index (χ4n) is 2.14. The Kier molecular flexibility index (Phi) is 4.74. The molecule has 1 saturated carbocycles. The van der Waals surface area contributed by atoms with E-state index in [0.717, 1.165) is 12.8 Å². The summed E-state index contributed by atoms with van der Waals surface area (Å²) in [5, 5.41) is 12.6. The lowest BCUT2D eigenvalue weighted by Gasteiger charge is -2.37. The Hall–Kier alpha value is -0.610. The van der Waals surface area contributed by atoms with Crippen molar-refractivity contribution in [1.29, 1.82) is 0 Å². The average molecular weight is 229 g/mol. The van der Waals surface area contributed by atoms with E-state index in [1.807, 2.05) is 13.8 Å². The van der Waals surface area contributed by atoms with Gasteiger partial charge in [-0.1, -0.05) is 13.8 Å². The van der Waals surface area contributed by atoms with Crippen LogP contribution < -0.4 is 5.32 Å². The number of ether oxygens (including phenoxy) is 1. The maximum Gasteiger partial charge on any atom is 0.310 e. The van der Waals surface area contributed by atoms with Crippen LogP contribution in [-0.4, -0.2) is 36.9 Å². The summed E-state index contributed by atoms with van der Waals surface area (Å²) in [6.45, 7) is 4.45. The van der Waals surface area contributed by atoms with Crippen LogP contribution >= 0.6 is 0 Å². The lowest BCUT2D eigenvalue weighted by Crippen LogP contribution is -2.50. The Balaban J connectivity index is 2.37. The zero-order chi connectivity index (χ0) is 12.2. The van der Waals surface area contributed by atoms with Crippen molar-refractivity contribution in [3.63, 3.8) is 0 Å². The molecule has 1 aliphatic rings. The molecule has 1 rings (SSSR count). The average Bonchev–Trinajstić information content (AvgIpc) is 2.22. The number of rotatable bonds is 7. The van der Waals surface area contributed by atoms with E-state index in [2.05, 4.69) is 5.32 Å². The summed E-state index contributed by atoms with van der Waals surface area (Å²) in [6, 6.07) is 0.432. The number of hydrogen-bond donors (Lipinski definition) is 2. The Morgan fingerprint density at radius 2 is 2.00 bits per heavy atom. The van der Waals surface area contributed by atoms with Gasteiger partial charge in [0, 0.05) is 19.7 Å². The highest BCUT2D eigenvalue weighted by molar-refractivity contribution is 5.74. The zero-order valence-electron chi connectivity index (χ0n) is 10.5. The predicted molar refractivity (Wildman–Crippen MR) is 62.5 cm³/mol. The Labute approximate surface area is 97.4 Å². The SMILES string of the molecule is CCC(CC)(CNC1CC(OC)C1)C(=O)O. The van der Waals surface area contributed by atoms with Crippen LogP contribution in [0.4, 0.5) is 0 Å². The summed E-state index contributed by atoms with van der Waals surface area (Å²) in [7, 11) is 1.72. The molecule has 16 heavy (non-hydrogen) atoms. The third kappa shape index (κ3) is 2.74. The third-order valence-electron chi connectivity index (χ3n) is 3.96. The molecule has 0 amide bonds. The van der Waals surface area contributed by atoms with E-state index in [9.17, 15) is 9.90 Å². The van der Waals surface area contributed by atoms with E-state index < -0.39 is 11.4 Å². The van der Waals surface area contributed by atoms with Gasteiger partial charge in [0.25, 0.3) is 0 Å². The molecule has 0 heterocycles. The van der Waals surface area contributed by atoms with Crippen molar-refractivity contribution >= 4 is 5.97 Å². The lowest BCUT2D eigenvalue weighted by atomic mass is 9.81. The molecule has 1 aliphatic carbocycles. The number of hydrogen-bond acceptors (Lipinski definition) is 3. The number of carboxylic acids is 1. The molecule has 0 unspecified atom stereocenters. The first kappa shape index (κ1) is 13.5. The summed E-state index contributed by atoms with van der Waals surface area (Å²) >= 11 is 0. The lowest BCUT2D eigenvalue weighted by molar-refractivity contribution is -0.149. The zero-order valence-corrected chi connectivity index (χ0v) is 10.5. The molecule has 2 N–H and O–H groups in total. The van der Waals surface area contributed by atoms with Gasteiger partial charge < -0.3 is 15.2 Å². The Bertz CT molecular complexity index is 232. The first-order chi connectivity index (χ1) is 7.57. The number of carbonyl (C=O) groups is 1. The molecule has 0 saturated heterocycles. The van der Waals surface area contributed by atoms with Gasteiger partial charge in [-0.3, -0.25) is 4.79 Å². The fourth-order valence-corrected chi connectivity index (χ4v) is 2.14. The molecule has 0 radical (unpaired) electrons. The predicted octanol–water partition coefficient (Wildman–Crippen LogP) is 1.64. The summed E-state index contributed by atoms with van der Waals surface area (Å²) in [5.41, 5.74) is -0.599. The molecular formula is C12H23NO3. The quantitative estimate of drug-likeness (QED) is 0.697. The molecule has 0 aromatic carbocycles. The molecule has 0 aliphatic heterocycles. The molecule has 0 aromatic rings. The highest BCUT2D eigenvalue weighted by Gasteiger charge is 2.37. The van der Waals surface area contributed by atoms with E-state index >= 15 is 0 Å². The molecule has 0 spiro atoms. The van der Waals surface area contributed by atoms with Crippen LogP contribution in [0, 0.1) is 5.41 Å². The third-order valence-corrected chi connectivity index (χ3v) is 3.96. The van der Waals surface area contributed by atoms with Crippen molar-refractivity contribution < 1.29 is 14.6 Å². The van der Waals surface area contributed by atoms with Crippen LogP contribution in [0.25, 0.3) is 0 Å². The van der Waals surface area contributed by atoms with Crippen molar-refractivity contribution in [3.05, 3.63) is 0 Å². The number of methoxy groups -OCH3 is 1. The number of carboxylic acid groups (broad SMARTS) is 1. The van der Waals surface area contributed by atoms with E-state index in [1.165, 1.54) is 0 Å². The van der Waals surface area contributed by atoms with Crippen molar-refractivity contribution in [3.8, 4) is 0 Å². The largest absolute Gasteiger partial charge is 0.481 e. The number of nitrogens with one attached hydrogen (secondary N) is 1. The molecule has 0 aromatic heterocycles. The van der Waals surface area contributed by atoms with Gasteiger partial charge in [0.2, 0.25) is 0 Å². The van der Waals surface area contributed by atoms with Gasteiger partial charge in [0.15, 0.2) is 0 Å². The van der Waals surface area contributed by atoms with Crippen molar-refractivity contribution in [2.24, 2.45) is 5.41 Å². The second kappa shape index (κ2) is 5.64. The summed E-state index contributed by atoms with van der Waals surface area (Å²) in [6.07, 6.45) is 3.71. The molecule has 94 valence electrons. The van der Waals surface area contributed by atoms with Crippen molar-refractivity contribution in [2.75, 3.05) is 13.7 Å². The molecular weight excluding hydrogens is 206 g/mol. The summed E-state index contributed by atoms with van der Waals surface area (Å²) in [5.74, 6) is -0.687. The van der Waals surface area contributed by atoms with E-state index in [0.29, 0.717) is 31.5 Å². The maximum absolute atomic E-state index is 11.3.